The summed E-state index contributed by atoms with van der Waals surface area (Å²) < 4.78 is 6.48. The number of rotatable bonds is 4. The fourth-order valence-corrected chi connectivity index (χ4v) is 2.51. The molecule has 2 nitrogen and oxygen atoms in total. The Kier molecular flexibility index (Phi) is 4.86. The molecule has 0 bridgehead atoms. The molecular formula is C15H15BrClNO. The van der Waals surface area contributed by atoms with Crippen molar-refractivity contribution in [3.05, 3.63) is 63.1 Å². The van der Waals surface area contributed by atoms with Gasteiger partial charge in [-0.15, -0.1) is 0 Å². The Morgan fingerprint density at radius 1 is 1.16 bits per heavy atom. The van der Waals surface area contributed by atoms with Crippen LogP contribution < -0.4 is 10.1 Å². The van der Waals surface area contributed by atoms with Crippen molar-refractivity contribution in [2.75, 3.05) is 14.2 Å². The molecule has 0 spiro atoms. The van der Waals surface area contributed by atoms with E-state index >= 15 is 0 Å². The average molecular weight is 341 g/mol. The topological polar surface area (TPSA) is 21.3 Å². The molecule has 2 rings (SSSR count). The second kappa shape index (κ2) is 6.42. The normalized spacial score (nSPS) is 12.2. The van der Waals surface area contributed by atoms with Gasteiger partial charge in [-0.2, -0.15) is 0 Å². The summed E-state index contributed by atoms with van der Waals surface area (Å²) in [4.78, 5) is 0. The van der Waals surface area contributed by atoms with Crippen molar-refractivity contribution in [2.45, 2.75) is 6.04 Å². The highest BCUT2D eigenvalue weighted by Gasteiger charge is 2.16. The minimum absolute atomic E-state index is 0.0697. The van der Waals surface area contributed by atoms with Gasteiger partial charge in [0.05, 0.1) is 13.2 Å². The molecule has 0 fully saturated rings. The molecule has 0 aromatic heterocycles. The van der Waals surface area contributed by atoms with Gasteiger partial charge in [0.2, 0.25) is 0 Å². The van der Waals surface area contributed by atoms with E-state index in [1.54, 1.807) is 7.11 Å². The molecule has 4 heteroatoms. The Labute approximate surface area is 126 Å². The molecule has 0 aliphatic heterocycles. The van der Waals surface area contributed by atoms with Crippen molar-refractivity contribution in [1.82, 2.24) is 5.32 Å². The smallest absolute Gasteiger partial charge is 0.125 e. The van der Waals surface area contributed by atoms with Gasteiger partial charge in [0.25, 0.3) is 0 Å². The maximum atomic E-state index is 6.00. The number of hydrogen-bond acceptors (Lipinski definition) is 2. The van der Waals surface area contributed by atoms with Gasteiger partial charge in [0.1, 0.15) is 5.75 Å². The molecule has 2 aromatic rings. The monoisotopic (exact) mass is 339 g/mol. The molecule has 0 aliphatic rings. The molecule has 0 saturated heterocycles. The third kappa shape index (κ3) is 3.30. The Hall–Kier alpha value is -1.03. The number of nitrogens with one attached hydrogen (secondary N) is 1. The van der Waals surface area contributed by atoms with Crippen LogP contribution in [0.15, 0.2) is 46.9 Å². The molecule has 100 valence electrons. The van der Waals surface area contributed by atoms with Crippen molar-refractivity contribution in [3.8, 4) is 5.75 Å². The first kappa shape index (κ1) is 14.4. The summed E-state index contributed by atoms with van der Waals surface area (Å²) in [6, 6.07) is 14.0. The Bertz CT molecular complexity index is 557. The fraction of sp³-hybridized carbons (Fsp3) is 0.200. The minimum atomic E-state index is 0.0697. The highest BCUT2D eigenvalue weighted by molar-refractivity contribution is 9.10. The van der Waals surface area contributed by atoms with E-state index in [1.165, 1.54) is 5.56 Å². The van der Waals surface area contributed by atoms with Gasteiger partial charge in [-0.25, -0.2) is 0 Å². The van der Waals surface area contributed by atoms with Crippen LogP contribution >= 0.6 is 27.5 Å². The number of hydrogen-bond donors (Lipinski definition) is 1. The first-order valence-corrected chi connectivity index (χ1v) is 7.09. The molecule has 1 unspecified atom stereocenters. The van der Waals surface area contributed by atoms with Crippen LogP contribution in [0.25, 0.3) is 0 Å². The summed E-state index contributed by atoms with van der Waals surface area (Å²) >= 11 is 9.45. The number of methoxy groups -OCH3 is 1. The molecule has 1 N–H and O–H groups in total. The molecule has 0 radical (unpaired) electrons. The van der Waals surface area contributed by atoms with Gasteiger partial charge in [-0.1, -0.05) is 45.7 Å². The van der Waals surface area contributed by atoms with Gasteiger partial charge in [-0.05, 0) is 36.9 Å². The predicted octanol–water partition coefficient (Wildman–Crippen LogP) is 4.42. The van der Waals surface area contributed by atoms with Crippen LogP contribution in [0.3, 0.4) is 0 Å². The fourth-order valence-electron chi connectivity index (χ4n) is 2.08. The first-order valence-electron chi connectivity index (χ1n) is 5.92. The maximum absolute atomic E-state index is 6.00. The van der Waals surface area contributed by atoms with Gasteiger partial charge in [0.15, 0.2) is 0 Å². The van der Waals surface area contributed by atoms with E-state index in [4.69, 9.17) is 16.3 Å². The zero-order valence-corrected chi connectivity index (χ0v) is 13.1. The van der Waals surface area contributed by atoms with E-state index in [2.05, 4.69) is 33.4 Å². The van der Waals surface area contributed by atoms with Gasteiger partial charge in [0, 0.05) is 15.1 Å². The third-order valence-corrected chi connectivity index (χ3v) is 3.76. The summed E-state index contributed by atoms with van der Waals surface area (Å²) in [5.41, 5.74) is 2.24. The highest BCUT2D eigenvalue weighted by Crippen LogP contribution is 2.32. The van der Waals surface area contributed by atoms with Crippen molar-refractivity contribution in [2.24, 2.45) is 0 Å². The molecular weight excluding hydrogens is 326 g/mol. The zero-order valence-electron chi connectivity index (χ0n) is 10.8. The molecule has 19 heavy (non-hydrogen) atoms. The summed E-state index contributed by atoms with van der Waals surface area (Å²) in [5.74, 6) is 0.787. The quantitative estimate of drug-likeness (QED) is 0.889. The van der Waals surface area contributed by atoms with Gasteiger partial charge < -0.3 is 10.1 Å². The molecule has 2 aromatic carbocycles. The highest BCUT2D eigenvalue weighted by atomic mass is 79.9. The summed E-state index contributed by atoms with van der Waals surface area (Å²) in [7, 11) is 3.59. The van der Waals surface area contributed by atoms with E-state index in [1.807, 2.05) is 37.4 Å². The average Bonchev–Trinajstić information content (AvgIpc) is 2.43. The largest absolute Gasteiger partial charge is 0.496 e. The number of halogens is 2. The summed E-state index contributed by atoms with van der Waals surface area (Å²) in [6.45, 7) is 0. The third-order valence-electron chi connectivity index (χ3n) is 3.00. The van der Waals surface area contributed by atoms with E-state index < -0.39 is 0 Å². The minimum Gasteiger partial charge on any atom is -0.496 e. The standard InChI is InChI=1S/C15H15BrClNO/c1-18-15(10-3-5-11(16)6-4-10)13-8-7-12(17)9-14(13)19-2/h3-9,15,18H,1-2H3. The lowest BCUT2D eigenvalue weighted by Gasteiger charge is -2.20. The predicted molar refractivity (Wildman–Crippen MR) is 83.0 cm³/mol. The second-order valence-electron chi connectivity index (χ2n) is 4.16. The van der Waals surface area contributed by atoms with Gasteiger partial charge in [-0.3, -0.25) is 0 Å². The van der Waals surface area contributed by atoms with Crippen LogP contribution in [0, 0.1) is 0 Å². The van der Waals surface area contributed by atoms with Crippen LogP contribution in [-0.4, -0.2) is 14.2 Å². The van der Waals surface area contributed by atoms with Crippen molar-refractivity contribution in [3.63, 3.8) is 0 Å². The summed E-state index contributed by atoms with van der Waals surface area (Å²) in [5, 5.41) is 3.98. The molecule has 0 aliphatic carbocycles. The van der Waals surface area contributed by atoms with Crippen molar-refractivity contribution < 1.29 is 4.74 Å². The molecule has 0 amide bonds. The molecule has 0 saturated carbocycles. The first-order chi connectivity index (χ1) is 9.15. The zero-order chi connectivity index (χ0) is 13.8. The lowest BCUT2D eigenvalue weighted by atomic mass is 9.98. The van der Waals surface area contributed by atoms with Crippen molar-refractivity contribution in [1.29, 1.82) is 0 Å². The van der Waals surface area contributed by atoms with Crippen LogP contribution in [0.2, 0.25) is 5.02 Å². The maximum Gasteiger partial charge on any atom is 0.125 e. The van der Waals surface area contributed by atoms with E-state index in [0.717, 1.165) is 15.8 Å². The lowest BCUT2D eigenvalue weighted by Crippen LogP contribution is -2.18. The number of benzene rings is 2. The Morgan fingerprint density at radius 3 is 2.42 bits per heavy atom. The SMILES string of the molecule is CNC(c1ccc(Br)cc1)c1ccc(Cl)cc1OC. The van der Waals surface area contributed by atoms with E-state index in [-0.39, 0.29) is 6.04 Å². The second-order valence-corrected chi connectivity index (χ2v) is 5.51. The van der Waals surface area contributed by atoms with Crippen LogP contribution in [-0.2, 0) is 0 Å². The van der Waals surface area contributed by atoms with E-state index in [0.29, 0.717) is 5.02 Å². The van der Waals surface area contributed by atoms with Crippen LogP contribution in [0.1, 0.15) is 17.2 Å². The van der Waals surface area contributed by atoms with Gasteiger partial charge >= 0.3 is 0 Å². The van der Waals surface area contributed by atoms with E-state index in [9.17, 15) is 0 Å². The molecule has 1 atom stereocenters. The van der Waals surface area contributed by atoms with Crippen LogP contribution in [0.4, 0.5) is 0 Å². The number of ether oxygens (including phenoxy) is 1. The van der Waals surface area contributed by atoms with Crippen molar-refractivity contribution >= 4 is 27.5 Å². The summed E-state index contributed by atoms with van der Waals surface area (Å²) in [6.07, 6.45) is 0. The Balaban J connectivity index is 2.44. The van der Waals surface area contributed by atoms with Crippen LogP contribution in [0.5, 0.6) is 5.75 Å². The lowest BCUT2D eigenvalue weighted by molar-refractivity contribution is 0.405. The Morgan fingerprint density at radius 2 is 1.84 bits per heavy atom. The molecule has 0 heterocycles.